The lowest BCUT2D eigenvalue weighted by Gasteiger charge is -2.06. The third-order valence-electron chi connectivity index (χ3n) is 3.69. The van der Waals surface area contributed by atoms with E-state index in [4.69, 9.17) is 5.11 Å². The summed E-state index contributed by atoms with van der Waals surface area (Å²) in [6, 6.07) is 7.93. The molecule has 6 heteroatoms. The molecule has 112 valence electrons. The molecular formula is C16H15N3O3. The lowest BCUT2D eigenvalue weighted by atomic mass is 10.0. The van der Waals surface area contributed by atoms with Gasteiger partial charge in [-0.3, -0.25) is 9.89 Å². The van der Waals surface area contributed by atoms with Gasteiger partial charge in [-0.05, 0) is 19.4 Å². The van der Waals surface area contributed by atoms with Crippen LogP contribution in [-0.4, -0.2) is 25.7 Å². The second kappa shape index (κ2) is 5.14. The molecule has 0 saturated carbocycles. The van der Waals surface area contributed by atoms with Crippen LogP contribution in [0.1, 0.15) is 32.7 Å². The Morgan fingerprint density at radius 3 is 2.59 bits per heavy atom. The lowest BCUT2D eigenvalue weighted by molar-refractivity contribution is 0.0698. The topological polar surface area (TPSA) is 87.5 Å². The standard InChI is InChI=1S/C16H15N3O3/c1-9-3-5-11(6-4-9)7-12-10(2)18-14-13(16(21)22)8-17-19(14)15(12)20/h3-6,8,17H,7H2,1-2H3,(H,21,22). The maximum Gasteiger partial charge on any atom is 0.341 e. The van der Waals surface area contributed by atoms with Crippen molar-refractivity contribution in [3.63, 3.8) is 0 Å². The Hall–Kier alpha value is -2.89. The van der Waals surface area contributed by atoms with Gasteiger partial charge in [0.05, 0.1) is 0 Å². The van der Waals surface area contributed by atoms with E-state index in [0.717, 1.165) is 11.1 Å². The molecule has 0 fully saturated rings. The number of H-pyrrole nitrogens is 1. The van der Waals surface area contributed by atoms with Gasteiger partial charge in [-0.2, -0.15) is 0 Å². The second-order valence-corrected chi connectivity index (χ2v) is 5.29. The number of aryl methyl sites for hydroxylation is 2. The Balaban J connectivity index is 2.13. The highest BCUT2D eigenvalue weighted by atomic mass is 16.4. The number of carboxylic acid groups (broad SMARTS) is 1. The van der Waals surface area contributed by atoms with E-state index >= 15 is 0 Å². The summed E-state index contributed by atoms with van der Waals surface area (Å²) in [6.45, 7) is 3.73. The number of aromatic amines is 1. The first-order valence-corrected chi connectivity index (χ1v) is 6.86. The maximum atomic E-state index is 12.6. The van der Waals surface area contributed by atoms with E-state index < -0.39 is 5.97 Å². The summed E-state index contributed by atoms with van der Waals surface area (Å²) in [5, 5.41) is 11.8. The fraction of sp³-hybridized carbons (Fsp3) is 0.188. The number of aromatic nitrogens is 3. The number of carboxylic acids is 1. The van der Waals surface area contributed by atoms with Gasteiger partial charge in [0.1, 0.15) is 5.56 Å². The smallest absolute Gasteiger partial charge is 0.341 e. The van der Waals surface area contributed by atoms with E-state index in [1.807, 2.05) is 31.2 Å². The Morgan fingerprint density at radius 2 is 1.95 bits per heavy atom. The Morgan fingerprint density at radius 1 is 1.27 bits per heavy atom. The number of rotatable bonds is 3. The molecule has 0 saturated heterocycles. The van der Waals surface area contributed by atoms with E-state index in [9.17, 15) is 9.59 Å². The zero-order valence-corrected chi connectivity index (χ0v) is 12.3. The summed E-state index contributed by atoms with van der Waals surface area (Å²) in [5.41, 5.74) is 3.13. The SMILES string of the molecule is Cc1ccc(Cc2c(C)nc3c(C(=O)O)c[nH]n3c2=O)cc1. The Kier molecular flexibility index (Phi) is 3.29. The molecule has 0 aliphatic carbocycles. The van der Waals surface area contributed by atoms with Crippen molar-refractivity contribution in [2.45, 2.75) is 20.3 Å². The normalized spacial score (nSPS) is 11.0. The molecule has 0 radical (unpaired) electrons. The predicted molar refractivity (Wildman–Crippen MR) is 81.5 cm³/mol. The Labute approximate surface area is 126 Å². The molecule has 1 aromatic carbocycles. The third kappa shape index (κ3) is 2.28. The van der Waals surface area contributed by atoms with Gasteiger partial charge in [0.15, 0.2) is 5.65 Å². The molecule has 0 bridgehead atoms. The maximum absolute atomic E-state index is 12.6. The summed E-state index contributed by atoms with van der Waals surface area (Å²) in [6.07, 6.45) is 1.74. The van der Waals surface area contributed by atoms with Crippen molar-refractivity contribution < 1.29 is 9.90 Å². The van der Waals surface area contributed by atoms with Gasteiger partial charge in [-0.15, -0.1) is 0 Å². The van der Waals surface area contributed by atoms with Crippen molar-refractivity contribution in [1.29, 1.82) is 0 Å². The predicted octanol–water partition coefficient (Wildman–Crippen LogP) is 1.93. The number of hydrogen-bond acceptors (Lipinski definition) is 3. The number of benzene rings is 1. The molecule has 2 aromatic heterocycles. The number of nitrogens with zero attached hydrogens (tertiary/aromatic N) is 2. The van der Waals surface area contributed by atoms with Crippen LogP contribution in [0, 0.1) is 13.8 Å². The monoisotopic (exact) mass is 297 g/mol. The van der Waals surface area contributed by atoms with Crippen LogP contribution in [0.25, 0.3) is 5.65 Å². The van der Waals surface area contributed by atoms with Crippen LogP contribution in [0.5, 0.6) is 0 Å². The highest BCUT2D eigenvalue weighted by molar-refractivity contribution is 5.94. The molecule has 0 atom stereocenters. The molecule has 0 aliphatic rings. The van der Waals surface area contributed by atoms with Crippen LogP contribution >= 0.6 is 0 Å². The molecule has 3 aromatic rings. The first kappa shape index (κ1) is 14.1. The van der Waals surface area contributed by atoms with E-state index in [0.29, 0.717) is 17.7 Å². The fourth-order valence-electron chi connectivity index (χ4n) is 2.43. The number of nitrogens with one attached hydrogen (secondary N) is 1. The quantitative estimate of drug-likeness (QED) is 0.773. The van der Waals surface area contributed by atoms with Gasteiger partial charge in [-0.1, -0.05) is 29.8 Å². The van der Waals surface area contributed by atoms with Crippen LogP contribution in [0.15, 0.2) is 35.3 Å². The lowest BCUT2D eigenvalue weighted by Crippen LogP contribution is -2.22. The van der Waals surface area contributed by atoms with Gasteiger partial charge in [0.2, 0.25) is 0 Å². The van der Waals surface area contributed by atoms with Gasteiger partial charge >= 0.3 is 5.97 Å². The molecule has 0 unspecified atom stereocenters. The first-order valence-electron chi connectivity index (χ1n) is 6.86. The van der Waals surface area contributed by atoms with Crippen molar-refractivity contribution >= 4 is 11.6 Å². The average molecular weight is 297 g/mol. The van der Waals surface area contributed by atoms with Crippen LogP contribution in [-0.2, 0) is 6.42 Å². The molecule has 3 rings (SSSR count). The Bertz CT molecular complexity index is 920. The summed E-state index contributed by atoms with van der Waals surface area (Å²) < 4.78 is 1.18. The van der Waals surface area contributed by atoms with E-state index in [1.165, 1.54) is 10.7 Å². The molecule has 0 spiro atoms. The van der Waals surface area contributed by atoms with Crippen molar-refractivity contribution in [2.75, 3.05) is 0 Å². The highest BCUT2D eigenvalue weighted by Gasteiger charge is 2.17. The number of aromatic carboxylic acids is 1. The minimum absolute atomic E-state index is 0.0120. The number of fused-ring (bicyclic) bond motifs is 1. The summed E-state index contributed by atoms with van der Waals surface area (Å²) >= 11 is 0. The van der Waals surface area contributed by atoms with E-state index in [2.05, 4.69) is 10.1 Å². The van der Waals surface area contributed by atoms with Crippen LogP contribution in [0.2, 0.25) is 0 Å². The largest absolute Gasteiger partial charge is 0.477 e. The summed E-state index contributed by atoms with van der Waals surface area (Å²) in [5.74, 6) is -1.11. The van der Waals surface area contributed by atoms with Crippen molar-refractivity contribution in [3.8, 4) is 0 Å². The summed E-state index contributed by atoms with van der Waals surface area (Å²) in [7, 11) is 0. The van der Waals surface area contributed by atoms with Crippen molar-refractivity contribution in [2.24, 2.45) is 0 Å². The van der Waals surface area contributed by atoms with Crippen LogP contribution in [0.3, 0.4) is 0 Å². The van der Waals surface area contributed by atoms with E-state index in [-0.39, 0.29) is 16.8 Å². The molecule has 0 amide bonds. The van der Waals surface area contributed by atoms with Crippen molar-refractivity contribution in [1.82, 2.24) is 14.6 Å². The number of carbonyl (C=O) groups is 1. The minimum atomic E-state index is -1.11. The molecular weight excluding hydrogens is 282 g/mol. The molecule has 6 nitrogen and oxygen atoms in total. The van der Waals surface area contributed by atoms with Gasteiger partial charge in [0.25, 0.3) is 5.56 Å². The third-order valence-corrected chi connectivity index (χ3v) is 3.69. The van der Waals surface area contributed by atoms with Gasteiger partial charge in [0, 0.05) is 23.9 Å². The molecule has 0 aliphatic heterocycles. The summed E-state index contributed by atoms with van der Waals surface area (Å²) in [4.78, 5) is 28.0. The molecule has 22 heavy (non-hydrogen) atoms. The number of hydrogen-bond donors (Lipinski definition) is 2. The van der Waals surface area contributed by atoms with Crippen molar-refractivity contribution in [3.05, 3.63) is 68.8 Å². The molecule has 2 heterocycles. The van der Waals surface area contributed by atoms with E-state index in [1.54, 1.807) is 6.92 Å². The van der Waals surface area contributed by atoms with Gasteiger partial charge < -0.3 is 5.11 Å². The highest BCUT2D eigenvalue weighted by Crippen LogP contribution is 2.13. The minimum Gasteiger partial charge on any atom is -0.477 e. The van der Waals surface area contributed by atoms with Gasteiger partial charge in [-0.25, -0.2) is 14.3 Å². The average Bonchev–Trinajstić information content (AvgIpc) is 2.89. The van der Waals surface area contributed by atoms with Crippen LogP contribution in [0.4, 0.5) is 0 Å². The second-order valence-electron chi connectivity index (χ2n) is 5.29. The zero-order valence-electron chi connectivity index (χ0n) is 12.3. The fourth-order valence-corrected chi connectivity index (χ4v) is 2.43. The van der Waals surface area contributed by atoms with Crippen LogP contribution < -0.4 is 5.56 Å². The molecule has 2 N–H and O–H groups in total. The first-order chi connectivity index (χ1) is 10.5. The zero-order chi connectivity index (χ0) is 15.9.